The van der Waals surface area contributed by atoms with Crippen molar-refractivity contribution in [2.45, 2.75) is 38.0 Å². The molecule has 0 aliphatic rings. The third kappa shape index (κ3) is 8.60. The highest BCUT2D eigenvalue weighted by Gasteiger charge is 2.34. The predicted octanol–water partition coefficient (Wildman–Crippen LogP) is 2.56. The van der Waals surface area contributed by atoms with Gasteiger partial charge in [-0.05, 0) is 35.1 Å². The maximum Gasteiger partial charge on any atom is 0.404 e. The van der Waals surface area contributed by atoms with Gasteiger partial charge in [0.25, 0.3) is 0 Å². The van der Waals surface area contributed by atoms with Crippen molar-refractivity contribution in [2.24, 2.45) is 17.2 Å². The fourth-order valence-electron chi connectivity index (χ4n) is 4.34. The summed E-state index contributed by atoms with van der Waals surface area (Å²) in [5, 5.41) is 10.1. The van der Waals surface area contributed by atoms with Gasteiger partial charge in [-0.2, -0.15) is 0 Å². The zero-order valence-corrected chi connectivity index (χ0v) is 21.6. The lowest BCUT2D eigenvalue weighted by atomic mass is 9.89. The highest BCUT2D eigenvalue weighted by molar-refractivity contribution is 5.92. The Kier molecular flexibility index (Phi) is 10.4. The summed E-state index contributed by atoms with van der Waals surface area (Å²) in [6.07, 6.45) is -0.128. The van der Waals surface area contributed by atoms with Crippen molar-refractivity contribution in [3.63, 3.8) is 0 Å². The van der Waals surface area contributed by atoms with E-state index >= 15 is 0 Å². The minimum absolute atomic E-state index is 0.0232. The Morgan fingerprint density at radius 3 is 1.85 bits per heavy atom. The van der Waals surface area contributed by atoms with Crippen LogP contribution < -0.4 is 22.5 Å². The van der Waals surface area contributed by atoms with Crippen LogP contribution in [-0.4, -0.2) is 41.4 Å². The highest BCUT2D eigenvalue weighted by atomic mass is 16.5. The number of carbonyl (C=O) groups is 3. The average Bonchev–Trinajstić information content (AvgIpc) is 2.92. The van der Waals surface area contributed by atoms with Gasteiger partial charge in [0.2, 0.25) is 11.8 Å². The third-order valence-electron chi connectivity index (χ3n) is 6.23. The molecule has 3 amide bonds. The van der Waals surface area contributed by atoms with E-state index in [1.54, 1.807) is 24.3 Å². The first-order valence-electron chi connectivity index (χ1n) is 12.5. The number of rotatable bonds is 13. The maximum atomic E-state index is 14.4. The second kappa shape index (κ2) is 14.2. The van der Waals surface area contributed by atoms with E-state index < -0.39 is 24.0 Å². The van der Waals surface area contributed by atoms with Crippen molar-refractivity contribution in [2.75, 3.05) is 6.54 Å². The molecule has 0 bridgehead atoms. The molecule has 0 fully saturated rings. The first kappa shape index (κ1) is 28.7. The molecule has 3 aromatic rings. The minimum Gasteiger partial charge on any atom is -0.445 e. The second-order valence-corrected chi connectivity index (χ2v) is 9.05. The SMILES string of the molecule is N=C(N)NCCC[C@H](C(N)=O)N(Cc1ccc(COC(N)=O)cc1)C(=O)C(c1ccccc1)c1ccccc1. The van der Waals surface area contributed by atoms with E-state index in [1.807, 2.05) is 60.7 Å². The Hall–Kier alpha value is -4.86. The molecule has 204 valence electrons. The molecule has 0 spiro atoms. The number of amides is 3. The van der Waals surface area contributed by atoms with Gasteiger partial charge in [-0.25, -0.2) is 4.79 Å². The Bertz CT molecular complexity index is 1210. The Labute approximate surface area is 227 Å². The van der Waals surface area contributed by atoms with Gasteiger partial charge in [-0.15, -0.1) is 0 Å². The molecular weight excluding hydrogens is 496 g/mol. The normalized spacial score (nSPS) is 11.4. The van der Waals surface area contributed by atoms with Crippen LogP contribution >= 0.6 is 0 Å². The van der Waals surface area contributed by atoms with Crippen molar-refractivity contribution >= 4 is 23.9 Å². The quantitative estimate of drug-likeness (QED) is 0.129. The fourth-order valence-corrected chi connectivity index (χ4v) is 4.34. The molecule has 0 saturated carbocycles. The van der Waals surface area contributed by atoms with Crippen molar-refractivity contribution in [1.82, 2.24) is 10.2 Å². The van der Waals surface area contributed by atoms with Gasteiger partial charge in [0.15, 0.2) is 5.96 Å². The molecule has 39 heavy (non-hydrogen) atoms. The average molecular weight is 531 g/mol. The third-order valence-corrected chi connectivity index (χ3v) is 6.23. The summed E-state index contributed by atoms with van der Waals surface area (Å²) in [7, 11) is 0. The van der Waals surface area contributed by atoms with Gasteiger partial charge in [-0.1, -0.05) is 84.9 Å². The standard InChI is InChI=1S/C29H34N6O4/c30-26(36)24(12-7-17-34-28(31)32)35(18-20-13-15-21(16-14-20)19-39-29(33)38)27(37)25(22-8-3-1-4-9-22)23-10-5-2-6-11-23/h1-6,8-11,13-16,24-25H,7,12,17-19H2,(H2,30,36)(H2,33,38)(H4,31,32,34)/t24-/m1/s1. The van der Waals surface area contributed by atoms with Crippen LogP contribution in [0.5, 0.6) is 0 Å². The molecule has 0 aromatic heterocycles. The molecule has 0 aliphatic carbocycles. The van der Waals surface area contributed by atoms with Crippen molar-refractivity contribution in [3.05, 3.63) is 107 Å². The summed E-state index contributed by atoms with van der Waals surface area (Å²) in [6, 6.07) is 25.0. The van der Waals surface area contributed by atoms with E-state index in [4.69, 9.17) is 27.3 Å². The lowest BCUT2D eigenvalue weighted by Crippen LogP contribution is -2.49. The number of nitrogens with zero attached hydrogens (tertiary/aromatic N) is 1. The highest BCUT2D eigenvalue weighted by Crippen LogP contribution is 2.29. The summed E-state index contributed by atoms with van der Waals surface area (Å²) in [4.78, 5) is 39.6. The predicted molar refractivity (Wildman–Crippen MR) is 148 cm³/mol. The number of primary amides is 2. The van der Waals surface area contributed by atoms with Gasteiger partial charge >= 0.3 is 6.09 Å². The van der Waals surface area contributed by atoms with Crippen LogP contribution in [0.25, 0.3) is 0 Å². The Morgan fingerprint density at radius 2 is 1.36 bits per heavy atom. The number of ether oxygens (including phenoxy) is 1. The lowest BCUT2D eigenvalue weighted by molar-refractivity contribution is -0.141. The molecule has 0 saturated heterocycles. The lowest BCUT2D eigenvalue weighted by Gasteiger charge is -2.33. The number of carbonyl (C=O) groups excluding carboxylic acids is 3. The molecule has 10 nitrogen and oxygen atoms in total. The molecule has 0 heterocycles. The van der Waals surface area contributed by atoms with Crippen molar-refractivity contribution < 1.29 is 19.1 Å². The van der Waals surface area contributed by atoms with E-state index in [2.05, 4.69) is 5.32 Å². The van der Waals surface area contributed by atoms with Gasteiger partial charge in [0.1, 0.15) is 12.6 Å². The molecule has 1 atom stereocenters. The molecule has 3 aromatic carbocycles. The number of nitrogens with one attached hydrogen (secondary N) is 2. The fraction of sp³-hybridized carbons (Fsp3) is 0.241. The first-order valence-corrected chi connectivity index (χ1v) is 12.5. The summed E-state index contributed by atoms with van der Waals surface area (Å²) in [5.74, 6) is -1.73. The zero-order valence-electron chi connectivity index (χ0n) is 21.6. The largest absolute Gasteiger partial charge is 0.445 e. The summed E-state index contributed by atoms with van der Waals surface area (Å²) in [5.41, 5.74) is 19.4. The first-order chi connectivity index (χ1) is 18.8. The number of hydrogen-bond donors (Lipinski definition) is 5. The topological polar surface area (TPSA) is 178 Å². The second-order valence-electron chi connectivity index (χ2n) is 9.05. The zero-order chi connectivity index (χ0) is 28.2. The Balaban J connectivity index is 1.97. The van der Waals surface area contributed by atoms with Crippen LogP contribution in [0.4, 0.5) is 4.79 Å². The molecular formula is C29H34N6O4. The molecule has 10 heteroatoms. The molecule has 0 radical (unpaired) electrons. The van der Waals surface area contributed by atoms with Gasteiger partial charge in [0.05, 0.1) is 5.92 Å². The number of benzene rings is 3. The molecule has 3 rings (SSSR count). The van der Waals surface area contributed by atoms with Crippen LogP contribution in [0.15, 0.2) is 84.9 Å². The van der Waals surface area contributed by atoms with Crippen LogP contribution in [-0.2, 0) is 27.5 Å². The summed E-state index contributed by atoms with van der Waals surface area (Å²) >= 11 is 0. The van der Waals surface area contributed by atoms with Crippen LogP contribution in [0, 0.1) is 5.41 Å². The molecule has 0 aliphatic heterocycles. The summed E-state index contributed by atoms with van der Waals surface area (Å²) < 4.78 is 4.84. The molecule has 8 N–H and O–H groups in total. The molecule has 0 unspecified atom stereocenters. The van der Waals surface area contributed by atoms with Gasteiger partial charge < -0.3 is 32.2 Å². The number of nitrogens with two attached hydrogens (primary N) is 3. The summed E-state index contributed by atoms with van der Waals surface area (Å²) in [6.45, 7) is 0.506. The van der Waals surface area contributed by atoms with Crippen molar-refractivity contribution in [3.8, 4) is 0 Å². The number of guanidine groups is 1. The van der Waals surface area contributed by atoms with E-state index in [0.29, 0.717) is 13.0 Å². The maximum absolute atomic E-state index is 14.4. The van der Waals surface area contributed by atoms with E-state index in [-0.39, 0.29) is 31.4 Å². The van der Waals surface area contributed by atoms with Crippen LogP contribution in [0.2, 0.25) is 0 Å². The van der Waals surface area contributed by atoms with E-state index in [1.165, 1.54) is 4.90 Å². The Morgan fingerprint density at radius 1 is 0.821 bits per heavy atom. The monoisotopic (exact) mass is 530 g/mol. The number of hydrogen-bond acceptors (Lipinski definition) is 5. The van der Waals surface area contributed by atoms with E-state index in [9.17, 15) is 14.4 Å². The van der Waals surface area contributed by atoms with Gasteiger partial charge in [-0.3, -0.25) is 15.0 Å². The van der Waals surface area contributed by atoms with E-state index in [0.717, 1.165) is 22.3 Å². The van der Waals surface area contributed by atoms with Gasteiger partial charge in [0, 0.05) is 13.1 Å². The van der Waals surface area contributed by atoms with Crippen LogP contribution in [0.3, 0.4) is 0 Å². The minimum atomic E-state index is -0.904. The van der Waals surface area contributed by atoms with Crippen LogP contribution in [0.1, 0.15) is 41.0 Å². The smallest absolute Gasteiger partial charge is 0.404 e. The van der Waals surface area contributed by atoms with Crippen molar-refractivity contribution in [1.29, 1.82) is 5.41 Å².